The van der Waals surface area contributed by atoms with E-state index in [0.29, 0.717) is 19.3 Å². The highest BCUT2D eigenvalue weighted by molar-refractivity contribution is 5.75. The maximum atomic E-state index is 14.2. The Labute approximate surface area is 322 Å². The molecular formula is C43H68O11. The molecule has 2 saturated carbocycles. The summed E-state index contributed by atoms with van der Waals surface area (Å²) in [6, 6.07) is 0. The molecule has 1 aliphatic heterocycles. The second-order valence-electron chi connectivity index (χ2n) is 19.3. The molecule has 0 aromatic carbocycles. The Balaban J connectivity index is 1.37. The van der Waals surface area contributed by atoms with Crippen molar-refractivity contribution in [1.29, 1.82) is 0 Å². The molecular weight excluding hydrogens is 692 g/mol. The predicted octanol–water partition coefficient (Wildman–Crippen LogP) is 5.94. The maximum Gasteiger partial charge on any atom is 0.311 e. The van der Waals surface area contributed by atoms with Crippen LogP contribution in [0.25, 0.3) is 0 Å². The SMILES string of the molecule is C=C(CC[C@@H](C(=O)O[C@@H]1OC[C@@H](O)[C@H](O)[C@H]1O)[C@H]1CC[C@@]2(C)C3=C(CC[C@]12C)[C@@]1(C)CC[C@@H](OC(=O)C[C@@](C)(O)CC(=O)OC)C(C)(C)[C@@H]1CC3)C(C)C. The Morgan fingerprint density at radius 2 is 1.57 bits per heavy atom. The van der Waals surface area contributed by atoms with E-state index in [0.717, 1.165) is 50.5 Å². The fraction of sp³-hybridized carbons (Fsp3) is 0.837. The highest BCUT2D eigenvalue weighted by atomic mass is 16.7. The standard InChI is InChI=1S/C43H68O11/c1-24(2)25(3)11-12-26(37(49)54-38-36(48)35(47)30(44)23-52-38)27-15-19-43(9)29-13-14-31-39(4,5)32(53-34(46)22-40(6,50)21-33(45)51-10)17-18-41(31,7)28(29)16-20-42(27,43)8/h24,26-27,30-32,35-36,38,44,47-48,50H,3,11-23H2,1-2,4-10H3/t26-,27-,30-,31+,32-,35+,36-,38+,40+,41-,42-,43+/m1/s1. The molecule has 0 radical (unpaired) electrons. The van der Waals surface area contributed by atoms with Gasteiger partial charge in [-0.25, -0.2) is 0 Å². The molecule has 0 unspecified atom stereocenters. The number of aliphatic hydroxyl groups excluding tert-OH is 3. The average Bonchev–Trinajstić information content (AvgIpc) is 3.36. The molecule has 3 fully saturated rings. The molecule has 5 rings (SSSR count). The summed E-state index contributed by atoms with van der Waals surface area (Å²) in [5.41, 5.74) is 1.86. The first-order chi connectivity index (χ1) is 25.0. The summed E-state index contributed by atoms with van der Waals surface area (Å²) >= 11 is 0. The van der Waals surface area contributed by atoms with E-state index in [2.05, 4.69) is 59.8 Å². The normalized spacial score (nSPS) is 39.0. The Morgan fingerprint density at radius 3 is 2.22 bits per heavy atom. The van der Waals surface area contributed by atoms with Gasteiger partial charge in [-0.05, 0) is 105 Å². The fourth-order valence-electron chi connectivity index (χ4n) is 11.7. The van der Waals surface area contributed by atoms with Crippen LogP contribution in [-0.4, -0.2) is 88.4 Å². The Bertz CT molecular complexity index is 1480. The number of carbonyl (C=O) groups excluding carboxylic acids is 3. The molecule has 5 aliphatic rings. The lowest BCUT2D eigenvalue weighted by molar-refractivity contribution is -0.265. The van der Waals surface area contributed by atoms with E-state index in [4.69, 9.17) is 14.2 Å². The van der Waals surface area contributed by atoms with Crippen molar-refractivity contribution in [2.24, 2.45) is 45.3 Å². The van der Waals surface area contributed by atoms with Crippen LogP contribution < -0.4 is 0 Å². The number of rotatable bonds is 12. The molecule has 12 atom stereocenters. The number of esters is 3. The summed E-state index contributed by atoms with van der Waals surface area (Å²) in [7, 11) is 1.25. The zero-order valence-corrected chi connectivity index (χ0v) is 34.2. The first-order valence-corrected chi connectivity index (χ1v) is 20.3. The molecule has 11 heteroatoms. The second kappa shape index (κ2) is 15.6. The van der Waals surface area contributed by atoms with Crippen LogP contribution in [0.5, 0.6) is 0 Å². The number of fused-ring (bicyclic) bond motifs is 4. The largest absolute Gasteiger partial charge is 0.469 e. The van der Waals surface area contributed by atoms with Crippen molar-refractivity contribution >= 4 is 17.9 Å². The number of ether oxygens (including phenoxy) is 4. The van der Waals surface area contributed by atoms with Crippen molar-refractivity contribution in [1.82, 2.24) is 0 Å². The highest BCUT2D eigenvalue weighted by Gasteiger charge is 2.65. The monoisotopic (exact) mass is 760 g/mol. The summed E-state index contributed by atoms with van der Waals surface area (Å²) < 4.78 is 22.2. The number of allylic oxidation sites excluding steroid dienone is 3. The van der Waals surface area contributed by atoms with Gasteiger partial charge in [-0.3, -0.25) is 14.4 Å². The Kier molecular flexibility index (Phi) is 12.3. The molecule has 54 heavy (non-hydrogen) atoms. The predicted molar refractivity (Wildman–Crippen MR) is 201 cm³/mol. The quantitative estimate of drug-likeness (QED) is 0.106. The molecule has 0 aromatic rings. The zero-order valence-electron chi connectivity index (χ0n) is 34.2. The van der Waals surface area contributed by atoms with Crippen molar-refractivity contribution in [3.05, 3.63) is 23.3 Å². The molecule has 1 heterocycles. The average molecular weight is 761 g/mol. The number of carbonyl (C=O) groups is 3. The topological polar surface area (TPSA) is 169 Å². The van der Waals surface area contributed by atoms with Gasteiger partial charge in [0, 0.05) is 5.41 Å². The summed E-state index contributed by atoms with van der Waals surface area (Å²) in [5, 5.41) is 41.6. The van der Waals surface area contributed by atoms with Crippen LogP contribution in [-0.2, 0) is 33.3 Å². The summed E-state index contributed by atoms with van der Waals surface area (Å²) in [6.45, 7) is 21.3. The van der Waals surface area contributed by atoms with Crippen molar-refractivity contribution in [2.75, 3.05) is 13.7 Å². The van der Waals surface area contributed by atoms with Gasteiger partial charge in [0.15, 0.2) is 0 Å². The third kappa shape index (κ3) is 7.70. The number of hydrogen-bond acceptors (Lipinski definition) is 11. The van der Waals surface area contributed by atoms with Crippen LogP contribution in [0.3, 0.4) is 0 Å². The van der Waals surface area contributed by atoms with Gasteiger partial charge in [0.1, 0.15) is 24.4 Å². The minimum atomic E-state index is -1.56. The van der Waals surface area contributed by atoms with Crippen LogP contribution >= 0.6 is 0 Å². The molecule has 4 aliphatic carbocycles. The van der Waals surface area contributed by atoms with E-state index in [1.54, 1.807) is 0 Å². The van der Waals surface area contributed by atoms with Crippen LogP contribution in [0, 0.1) is 45.3 Å². The zero-order chi connectivity index (χ0) is 40.2. The maximum absolute atomic E-state index is 14.2. The van der Waals surface area contributed by atoms with Crippen molar-refractivity contribution < 1.29 is 53.8 Å². The Hall–Kier alpha value is -2.31. The second-order valence-corrected chi connectivity index (χ2v) is 19.3. The fourth-order valence-corrected chi connectivity index (χ4v) is 11.7. The minimum Gasteiger partial charge on any atom is -0.469 e. The van der Waals surface area contributed by atoms with Crippen LogP contribution in [0.4, 0.5) is 0 Å². The van der Waals surface area contributed by atoms with E-state index in [-0.39, 0.29) is 65.0 Å². The number of hydrogen-bond donors (Lipinski definition) is 4. The van der Waals surface area contributed by atoms with E-state index in [9.17, 15) is 34.8 Å². The molecule has 1 saturated heterocycles. The number of aliphatic hydroxyl groups is 4. The van der Waals surface area contributed by atoms with Crippen molar-refractivity contribution in [3.63, 3.8) is 0 Å². The van der Waals surface area contributed by atoms with E-state index >= 15 is 0 Å². The molecule has 0 bridgehead atoms. The molecule has 0 aromatic heterocycles. The van der Waals surface area contributed by atoms with Crippen LogP contribution in [0.2, 0.25) is 0 Å². The Morgan fingerprint density at radius 1 is 0.907 bits per heavy atom. The molecule has 4 N–H and O–H groups in total. The lowest BCUT2D eigenvalue weighted by Gasteiger charge is -2.62. The third-order valence-electron chi connectivity index (χ3n) is 15.4. The first-order valence-electron chi connectivity index (χ1n) is 20.3. The van der Waals surface area contributed by atoms with E-state index in [1.165, 1.54) is 25.2 Å². The molecule has 0 amide bonds. The summed E-state index contributed by atoms with van der Waals surface area (Å²) in [6.07, 6.45) is 1.86. The van der Waals surface area contributed by atoms with Crippen molar-refractivity contribution in [3.8, 4) is 0 Å². The van der Waals surface area contributed by atoms with Gasteiger partial charge in [-0.2, -0.15) is 0 Å². The number of methoxy groups -OCH3 is 1. The lowest BCUT2D eigenvalue weighted by Crippen LogP contribution is -2.56. The van der Waals surface area contributed by atoms with Crippen molar-refractivity contribution in [2.45, 2.75) is 169 Å². The van der Waals surface area contributed by atoms with E-state index < -0.39 is 54.0 Å². The lowest BCUT2D eigenvalue weighted by atomic mass is 9.43. The van der Waals surface area contributed by atoms with Crippen LogP contribution in [0.1, 0.15) is 132 Å². The smallest absolute Gasteiger partial charge is 0.311 e. The molecule has 0 spiro atoms. The summed E-state index contributed by atoms with van der Waals surface area (Å²) in [5.74, 6) is -1.42. The van der Waals surface area contributed by atoms with E-state index in [1.807, 2.05) is 0 Å². The third-order valence-corrected chi connectivity index (χ3v) is 15.4. The van der Waals surface area contributed by atoms with Gasteiger partial charge in [-0.1, -0.05) is 71.8 Å². The van der Waals surface area contributed by atoms with Gasteiger partial charge < -0.3 is 39.4 Å². The molecule has 11 nitrogen and oxygen atoms in total. The van der Waals surface area contributed by atoms with Gasteiger partial charge in [0.05, 0.1) is 38.1 Å². The van der Waals surface area contributed by atoms with Gasteiger partial charge >= 0.3 is 17.9 Å². The minimum absolute atomic E-state index is 0.0220. The van der Waals surface area contributed by atoms with Gasteiger partial charge in [0.25, 0.3) is 0 Å². The van der Waals surface area contributed by atoms with Gasteiger partial charge in [0.2, 0.25) is 6.29 Å². The highest BCUT2D eigenvalue weighted by Crippen LogP contribution is 2.72. The van der Waals surface area contributed by atoms with Crippen LogP contribution in [0.15, 0.2) is 23.3 Å². The van der Waals surface area contributed by atoms with Gasteiger partial charge in [-0.15, -0.1) is 0 Å². The summed E-state index contributed by atoms with van der Waals surface area (Å²) in [4.78, 5) is 39.1. The molecule has 306 valence electrons. The first kappa shape index (κ1) is 42.8.